The van der Waals surface area contributed by atoms with E-state index >= 15 is 0 Å². The van der Waals surface area contributed by atoms with Crippen molar-refractivity contribution in [3.63, 3.8) is 0 Å². The molecule has 0 spiro atoms. The summed E-state index contributed by atoms with van der Waals surface area (Å²) in [7, 11) is 0. The third-order valence-corrected chi connectivity index (χ3v) is 4.33. The van der Waals surface area contributed by atoms with E-state index in [1.165, 1.54) is 11.6 Å². The van der Waals surface area contributed by atoms with Crippen LogP contribution in [-0.2, 0) is 19.6 Å². The van der Waals surface area contributed by atoms with Gasteiger partial charge in [-0.05, 0) is 17.7 Å². The van der Waals surface area contributed by atoms with Crippen molar-refractivity contribution in [2.24, 2.45) is 0 Å². The average Bonchev–Trinajstić information content (AvgIpc) is 3.04. The van der Waals surface area contributed by atoms with E-state index in [4.69, 9.17) is 0 Å². The SMILES string of the molecule is Fc1cccnc1CN1Cc2nccn2C[C@@H]1c1ccccc1. The van der Waals surface area contributed by atoms with Crippen LogP contribution in [0.4, 0.5) is 4.39 Å². The third-order valence-electron chi connectivity index (χ3n) is 4.33. The zero-order chi connectivity index (χ0) is 15.6. The zero-order valence-corrected chi connectivity index (χ0v) is 12.6. The molecule has 4 rings (SSSR count). The molecule has 0 bridgehead atoms. The van der Waals surface area contributed by atoms with E-state index in [0.717, 1.165) is 12.4 Å². The van der Waals surface area contributed by atoms with Crippen LogP contribution >= 0.6 is 0 Å². The Morgan fingerprint density at radius 1 is 1.04 bits per heavy atom. The van der Waals surface area contributed by atoms with Crippen LogP contribution in [0.1, 0.15) is 23.1 Å². The smallest absolute Gasteiger partial charge is 0.146 e. The number of pyridine rings is 1. The highest BCUT2D eigenvalue weighted by Crippen LogP contribution is 2.30. The number of imidazole rings is 1. The lowest BCUT2D eigenvalue weighted by molar-refractivity contribution is 0.125. The minimum Gasteiger partial charge on any atom is -0.332 e. The summed E-state index contributed by atoms with van der Waals surface area (Å²) in [5.74, 6) is 0.752. The van der Waals surface area contributed by atoms with E-state index < -0.39 is 0 Å². The van der Waals surface area contributed by atoms with E-state index in [0.29, 0.717) is 18.8 Å². The van der Waals surface area contributed by atoms with Crippen LogP contribution in [0, 0.1) is 5.82 Å². The average molecular weight is 308 g/mol. The van der Waals surface area contributed by atoms with Gasteiger partial charge in [0, 0.05) is 31.7 Å². The standard InChI is InChI=1S/C18H17FN4/c19-15-7-4-8-20-16(15)11-23-13-18-21-9-10-22(18)12-17(23)14-5-2-1-3-6-14/h1-10,17H,11-13H2/t17-/m1/s1. The monoisotopic (exact) mass is 308 g/mol. The van der Waals surface area contributed by atoms with Crippen molar-refractivity contribution in [1.29, 1.82) is 0 Å². The molecule has 1 atom stereocenters. The highest BCUT2D eigenvalue weighted by molar-refractivity contribution is 5.21. The normalized spacial score (nSPS) is 17.9. The molecule has 0 unspecified atom stereocenters. The summed E-state index contributed by atoms with van der Waals surface area (Å²) in [4.78, 5) is 10.8. The molecule has 0 saturated heterocycles. The van der Waals surface area contributed by atoms with Crippen LogP contribution < -0.4 is 0 Å². The van der Waals surface area contributed by atoms with Gasteiger partial charge in [0.2, 0.25) is 0 Å². The molecule has 0 saturated carbocycles. The van der Waals surface area contributed by atoms with Gasteiger partial charge in [-0.15, -0.1) is 0 Å². The topological polar surface area (TPSA) is 34.0 Å². The van der Waals surface area contributed by atoms with E-state index in [2.05, 4.69) is 31.6 Å². The Kier molecular flexibility index (Phi) is 3.63. The van der Waals surface area contributed by atoms with E-state index in [-0.39, 0.29) is 11.9 Å². The van der Waals surface area contributed by atoms with Crippen LogP contribution in [0.2, 0.25) is 0 Å². The van der Waals surface area contributed by atoms with Gasteiger partial charge < -0.3 is 4.57 Å². The van der Waals surface area contributed by atoms with Crippen molar-refractivity contribution >= 4 is 0 Å². The Morgan fingerprint density at radius 2 is 1.91 bits per heavy atom. The van der Waals surface area contributed by atoms with Crippen molar-refractivity contribution < 1.29 is 4.39 Å². The molecule has 3 heterocycles. The molecular formula is C18H17FN4. The molecule has 1 aliphatic heterocycles. The number of aromatic nitrogens is 3. The molecule has 23 heavy (non-hydrogen) atoms. The fraction of sp³-hybridized carbons (Fsp3) is 0.222. The molecule has 4 nitrogen and oxygen atoms in total. The van der Waals surface area contributed by atoms with Crippen molar-refractivity contribution in [3.05, 3.63) is 84.0 Å². The van der Waals surface area contributed by atoms with Gasteiger partial charge in [-0.25, -0.2) is 9.37 Å². The fourth-order valence-electron chi connectivity index (χ4n) is 3.14. The Balaban J connectivity index is 1.68. The van der Waals surface area contributed by atoms with Gasteiger partial charge in [0.25, 0.3) is 0 Å². The quantitative estimate of drug-likeness (QED) is 0.745. The lowest BCUT2D eigenvalue weighted by atomic mass is 10.0. The molecule has 5 heteroatoms. The summed E-state index contributed by atoms with van der Waals surface area (Å²) in [6, 6.07) is 13.6. The Morgan fingerprint density at radius 3 is 2.74 bits per heavy atom. The van der Waals surface area contributed by atoms with Gasteiger partial charge in [-0.2, -0.15) is 0 Å². The Labute approximate surface area is 134 Å². The van der Waals surface area contributed by atoms with E-state index in [9.17, 15) is 4.39 Å². The summed E-state index contributed by atoms with van der Waals surface area (Å²) < 4.78 is 16.2. The number of fused-ring (bicyclic) bond motifs is 1. The minimum absolute atomic E-state index is 0.180. The van der Waals surface area contributed by atoms with Crippen LogP contribution in [0.3, 0.4) is 0 Å². The maximum atomic E-state index is 14.0. The number of hydrogen-bond acceptors (Lipinski definition) is 3. The number of rotatable bonds is 3. The first-order chi connectivity index (χ1) is 11.3. The molecular weight excluding hydrogens is 291 g/mol. The number of nitrogens with zero attached hydrogens (tertiary/aromatic N) is 4. The van der Waals surface area contributed by atoms with Gasteiger partial charge in [-0.1, -0.05) is 30.3 Å². The highest BCUT2D eigenvalue weighted by atomic mass is 19.1. The Hall–Kier alpha value is -2.53. The van der Waals surface area contributed by atoms with Crippen molar-refractivity contribution in [3.8, 4) is 0 Å². The maximum Gasteiger partial charge on any atom is 0.146 e. The van der Waals surface area contributed by atoms with Gasteiger partial charge >= 0.3 is 0 Å². The first-order valence-electron chi connectivity index (χ1n) is 7.69. The van der Waals surface area contributed by atoms with Gasteiger partial charge in [-0.3, -0.25) is 9.88 Å². The second-order valence-corrected chi connectivity index (χ2v) is 5.76. The van der Waals surface area contributed by atoms with Crippen LogP contribution in [-0.4, -0.2) is 19.4 Å². The van der Waals surface area contributed by atoms with E-state index in [1.54, 1.807) is 12.3 Å². The predicted molar refractivity (Wildman–Crippen MR) is 84.9 cm³/mol. The van der Waals surface area contributed by atoms with Crippen molar-refractivity contribution in [2.45, 2.75) is 25.7 Å². The van der Waals surface area contributed by atoms with Crippen molar-refractivity contribution in [1.82, 2.24) is 19.4 Å². The maximum absolute atomic E-state index is 14.0. The summed E-state index contributed by atoms with van der Waals surface area (Å²) in [6.07, 6.45) is 5.47. The van der Waals surface area contributed by atoms with Gasteiger partial charge in [0.05, 0.1) is 18.3 Å². The summed E-state index contributed by atoms with van der Waals surface area (Å²) in [5.41, 5.74) is 1.71. The second-order valence-electron chi connectivity index (χ2n) is 5.76. The Bertz CT molecular complexity index is 800. The molecule has 2 aromatic heterocycles. The number of hydrogen-bond donors (Lipinski definition) is 0. The fourth-order valence-corrected chi connectivity index (χ4v) is 3.14. The summed E-state index contributed by atoms with van der Waals surface area (Å²) >= 11 is 0. The first kappa shape index (κ1) is 14.1. The van der Waals surface area contributed by atoms with Crippen LogP contribution in [0.25, 0.3) is 0 Å². The molecule has 3 aromatic rings. The largest absolute Gasteiger partial charge is 0.332 e. The summed E-state index contributed by atoms with van der Waals surface area (Å²) in [5, 5.41) is 0. The number of benzene rings is 1. The number of halogens is 1. The third kappa shape index (κ3) is 2.75. The lowest BCUT2D eigenvalue weighted by Gasteiger charge is -2.36. The molecule has 1 aromatic carbocycles. The summed E-state index contributed by atoms with van der Waals surface area (Å²) in [6.45, 7) is 1.97. The molecule has 0 amide bonds. The molecule has 0 radical (unpaired) electrons. The molecule has 116 valence electrons. The molecule has 1 aliphatic rings. The first-order valence-corrected chi connectivity index (χ1v) is 7.69. The van der Waals surface area contributed by atoms with Crippen molar-refractivity contribution in [2.75, 3.05) is 0 Å². The van der Waals surface area contributed by atoms with Crippen LogP contribution in [0.15, 0.2) is 61.1 Å². The lowest BCUT2D eigenvalue weighted by Crippen LogP contribution is -2.37. The van der Waals surface area contributed by atoms with E-state index in [1.807, 2.05) is 30.6 Å². The molecule has 0 aliphatic carbocycles. The molecule has 0 fully saturated rings. The predicted octanol–water partition coefficient (Wildman–Crippen LogP) is 3.17. The van der Waals surface area contributed by atoms with Gasteiger partial charge in [0.15, 0.2) is 0 Å². The highest BCUT2D eigenvalue weighted by Gasteiger charge is 2.28. The minimum atomic E-state index is -0.256. The van der Waals surface area contributed by atoms with Gasteiger partial charge in [0.1, 0.15) is 11.6 Å². The molecule has 0 N–H and O–H groups in total. The zero-order valence-electron chi connectivity index (χ0n) is 12.6. The second kappa shape index (κ2) is 5.93. The van der Waals surface area contributed by atoms with Crippen LogP contribution in [0.5, 0.6) is 0 Å².